The number of ketones is 1. The largest absolute Gasteiger partial charge is 0.454 e. The molecule has 0 aliphatic rings. The number of ether oxygens (including phenoxy) is 4. The molecule has 82 heavy (non-hydrogen) atoms. The van der Waals surface area contributed by atoms with Crippen LogP contribution in [0, 0.1) is 0 Å². The zero-order chi connectivity index (χ0) is 60.2. The summed E-state index contributed by atoms with van der Waals surface area (Å²) in [4.78, 5) is 85.2. The van der Waals surface area contributed by atoms with Crippen molar-refractivity contribution in [2.45, 2.75) is 322 Å². The van der Waals surface area contributed by atoms with Crippen molar-refractivity contribution in [1.82, 2.24) is 26.6 Å². The van der Waals surface area contributed by atoms with Crippen LogP contribution in [-0.2, 0) is 47.7 Å². The van der Waals surface area contributed by atoms with E-state index in [0.717, 1.165) is 135 Å². The maximum absolute atomic E-state index is 14.7. The Morgan fingerprint density at radius 2 is 0.549 bits per heavy atom. The zero-order valence-corrected chi connectivity index (χ0v) is 53.5. The van der Waals surface area contributed by atoms with Gasteiger partial charge in [0.1, 0.15) is 0 Å². The summed E-state index contributed by atoms with van der Waals surface area (Å²) in [6.45, 7) is 16.9. The highest BCUT2D eigenvalue weighted by molar-refractivity contribution is 5.88. The summed E-state index contributed by atoms with van der Waals surface area (Å²) < 4.78 is 24.7. The van der Waals surface area contributed by atoms with E-state index in [1.807, 2.05) is 0 Å². The molecule has 0 saturated heterocycles. The molecule has 4 unspecified atom stereocenters. The fourth-order valence-electron chi connectivity index (χ4n) is 10.0. The van der Waals surface area contributed by atoms with E-state index in [4.69, 9.17) is 24.7 Å². The summed E-state index contributed by atoms with van der Waals surface area (Å²) in [7, 11) is 0. The van der Waals surface area contributed by atoms with Crippen molar-refractivity contribution in [2.75, 3.05) is 65.4 Å². The topological polar surface area (TPSA) is 226 Å². The summed E-state index contributed by atoms with van der Waals surface area (Å²) in [5, 5.41) is 16.2. The summed E-state index contributed by atoms with van der Waals surface area (Å²) >= 11 is 0. The number of carbonyl (C=O) groups excluding carboxylic acids is 6. The first-order chi connectivity index (χ1) is 40.1. The smallest absolute Gasteiger partial charge is 0.306 e. The Hall–Kier alpha value is -3.18. The molecule has 1 amide bonds. The van der Waals surface area contributed by atoms with Crippen LogP contribution < -0.4 is 32.3 Å². The second-order valence-electron chi connectivity index (χ2n) is 22.9. The van der Waals surface area contributed by atoms with Gasteiger partial charge in [0.25, 0.3) is 5.91 Å². The van der Waals surface area contributed by atoms with Gasteiger partial charge in [-0.15, -0.1) is 0 Å². The van der Waals surface area contributed by atoms with Gasteiger partial charge < -0.3 is 51.3 Å². The Labute approximate surface area is 501 Å². The SMILES string of the molecule is CCCCCCCCCCCC(=O)OC(C(=O)CC)C(OC(=O)CCCCCCCCCCC)C(OC(=O)CCCCCCCCCCC)C(OC(=O)CCCCCCCCCCC)C(=O)NCCNCCNCCNCCNCCN. The third-order valence-corrected chi connectivity index (χ3v) is 15.2. The lowest BCUT2D eigenvalue weighted by molar-refractivity contribution is -0.202. The molecule has 0 saturated carbocycles. The minimum atomic E-state index is -1.84. The van der Waals surface area contributed by atoms with Crippen LogP contribution >= 0.6 is 0 Å². The Morgan fingerprint density at radius 1 is 0.305 bits per heavy atom. The molecule has 0 heterocycles. The highest BCUT2D eigenvalue weighted by atomic mass is 16.6. The Kier molecular flexibility index (Phi) is 58.6. The number of esters is 4. The molecule has 0 aliphatic heterocycles. The van der Waals surface area contributed by atoms with Crippen molar-refractivity contribution in [3.8, 4) is 0 Å². The lowest BCUT2D eigenvalue weighted by Gasteiger charge is -2.35. The zero-order valence-electron chi connectivity index (χ0n) is 53.5. The van der Waals surface area contributed by atoms with Crippen molar-refractivity contribution < 1.29 is 47.7 Å². The van der Waals surface area contributed by atoms with Gasteiger partial charge in [0.05, 0.1) is 0 Å². The summed E-state index contributed by atoms with van der Waals surface area (Å²) in [6.07, 6.45) is 29.8. The Balaban J connectivity index is 6.90. The standard InChI is InChI=1S/C66H128N6O10/c1-6-11-15-19-23-27-31-35-39-43-58(74)79-62(57(73)10-5)63(80-59(75)44-40-36-32-28-24-20-16-12-7-2)64(81-60(76)45-41-37-33-29-25-21-17-13-8-3)65(82-61(77)46-42-38-34-30-26-22-18-14-9-4)66(78)72-56-55-71-54-53-70-52-51-69-50-49-68-48-47-67/h62-65,68-71H,6-56,67H2,1-5H3,(H,72,78). The third-order valence-electron chi connectivity index (χ3n) is 15.2. The second kappa shape index (κ2) is 60.9. The number of hydrogen-bond donors (Lipinski definition) is 6. The number of Topliss-reactive ketones (excluding diaryl/α,β-unsaturated/α-hetero) is 1. The van der Waals surface area contributed by atoms with Crippen molar-refractivity contribution in [3.63, 3.8) is 0 Å². The number of unbranched alkanes of at least 4 members (excludes halogenated alkanes) is 32. The third kappa shape index (κ3) is 49.1. The van der Waals surface area contributed by atoms with Crippen LogP contribution in [0.3, 0.4) is 0 Å². The fourth-order valence-corrected chi connectivity index (χ4v) is 10.0. The molecule has 0 bridgehead atoms. The van der Waals surface area contributed by atoms with Crippen LogP contribution in [0.2, 0.25) is 0 Å². The van der Waals surface area contributed by atoms with Gasteiger partial charge in [-0.3, -0.25) is 28.8 Å². The predicted octanol–water partition coefficient (Wildman–Crippen LogP) is 12.7. The molecule has 482 valence electrons. The van der Waals surface area contributed by atoms with E-state index in [1.165, 1.54) is 103 Å². The van der Waals surface area contributed by atoms with Crippen LogP contribution in [-0.4, -0.2) is 125 Å². The van der Waals surface area contributed by atoms with E-state index in [-0.39, 0.29) is 38.6 Å². The van der Waals surface area contributed by atoms with Gasteiger partial charge in [-0.25, -0.2) is 0 Å². The predicted molar refractivity (Wildman–Crippen MR) is 336 cm³/mol. The van der Waals surface area contributed by atoms with Crippen molar-refractivity contribution in [1.29, 1.82) is 0 Å². The molecular weight excluding hydrogens is 1040 g/mol. The number of rotatable bonds is 64. The molecule has 0 radical (unpaired) electrons. The molecule has 0 aromatic heterocycles. The molecule has 0 fully saturated rings. The monoisotopic (exact) mass is 1160 g/mol. The van der Waals surface area contributed by atoms with E-state index < -0.39 is 60.0 Å². The van der Waals surface area contributed by atoms with Crippen molar-refractivity contribution in [2.24, 2.45) is 5.73 Å². The number of nitrogens with two attached hydrogens (primary N) is 1. The summed E-state index contributed by atoms with van der Waals surface area (Å²) in [5.74, 6) is -4.09. The van der Waals surface area contributed by atoms with Gasteiger partial charge in [0, 0.05) is 97.6 Å². The number of nitrogens with one attached hydrogen (secondary N) is 5. The first-order valence-corrected chi connectivity index (χ1v) is 34.2. The molecule has 16 heteroatoms. The molecule has 7 N–H and O–H groups in total. The minimum absolute atomic E-state index is 0.00206. The normalized spacial score (nSPS) is 12.9. The average Bonchev–Trinajstić information content (AvgIpc) is 3.53. The molecule has 0 aromatic rings. The average molecular weight is 1170 g/mol. The van der Waals surface area contributed by atoms with Crippen molar-refractivity contribution in [3.05, 3.63) is 0 Å². The van der Waals surface area contributed by atoms with Crippen LogP contribution in [0.4, 0.5) is 0 Å². The Bertz CT molecular complexity index is 1510. The van der Waals surface area contributed by atoms with Crippen LogP contribution in [0.1, 0.15) is 298 Å². The molecule has 4 atom stereocenters. The lowest BCUT2D eigenvalue weighted by atomic mass is 9.96. The quantitative estimate of drug-likeness (QED) is 0.0189. The van der Waals surface area contributed by atoms with E-state index in [0.29, 0.717) is 51.9 Å². The van der Waals surface area contributed by atoms with Crippen LogP contribution in [0.15, 0.2) is 0 Å². The summed E-state index contributed by atoms with van der Waals surface area (Å²) in [6, 6.07) is 0. The van der Waals surface area contributed by atoms with E-state index in [2.05, 4.69) is 54.3 Å². The second-order valence-corrected chi connectivity index (χ2v) is 22.9. The van der Waals surface area contributed by atoms with E-state index in [9.17, 15) is 28.8 Å². The van der Waals surface area contributed by atoms with Gasteiger partial charge in [-0.1, -0.05) is 240 Å². The van der Waals surface area contributed by atoms with E-state index in [1.54, 1.807) is 6.92 Å². The van der Waals surface area contributed by atoms with E-state index >= 15 is 0 Å². The molecule has 0 rings (SSSR count). The fraction of sp³-hybridized carbons (Fsp3) is 0.909. The molecule has 0 spiro atoms. The highest BCUT2D eigenvalue weighted by Crippen LogP contribution is 2.25. The van der Waals surface area contributed by atoms with Crippen LogP contribution in [0.25, 0.3) is 0 Å². The molecule has 16 nitrogen and oxygen atoms in total. The number of amides is 1. The van der Waals surface area contributed by atoms with Gasteiger partial charge in [-0.05, 0) is 25.7 Å². The highest BCUT2D eigenvalue weighted by Gasteiger charge is 2.49. The van der Waals surface area contributed by atoms with Gasteiger partial charge in [-0.2, -0.15) is 0 Å². The van der Waals surface area contributed by atoms with Gasteiger partial charge in [0.15, 0.2) is 18.0 Å². The maximum atomic E-state index is 14.7. The van der Waals surface area contributed by atoms with Crippen molar-refractivity contribution >= 4 is 35.6 Å². The first kappa shape index (κ1) is 78.8. The molecule has 0 aromatic carbocycles. The lowest BCUT2D eigenvalue weighted by Crippen LogP contribution is -2.58. The van der Waals surface area contributed by atoms with Gasteiger partial charge >= 0.3 is 23.9 Å². The number of hydrogen-bond acceptors (Lipinski definition) is 15. The molecular formula is C66H128N6O10. The summed E-state index contributed by atoms with van der Waals surface area (Å²) in [5.41, 5.74) is 5.54. The first-order valence-electron chi connectivity index (χ1n) is 34.2. The number of carbonyl (C=O) groups is 6. The van der Waals surface area contributed by atoms with Crippen LogP contribution in [0.5, 0.6) is 0 Å². The molecule has 0 aliphatic carbocycles. The van der Waals surface area contributed by atoms with Gasteiger partial charge in [0.2, 0.25) is 12.2 Å². The minimum Gasteiger partial charge on any atom is -0.454 e. The maximum Gasteiger partial charge on any atom is 0.306 e. The Morgan fingerprint density at radius 3 is 0.841 bits per heavy atom.